The van der Waals surface area contributed by atoms with Crippen molar-refractivity contribution in [1.29, 1.82) is 0 Å². The molecule has 59 heavy (non-hydrogen) atoms. The SMILES string of the molecule is CC(=O)[O-].CC(=O)[O-].CC(=O)[O-].CC(=O)[O-].CC(=O)[O-].CC(=O)[O-].CC(=O)[O-].CC(=O)[O-].CC(=O)[O-].CC(=O)[O-].NCCNCCN.NCCNCCN.[Fe+2].[Fe+2].[Fe+2].[Fe+2].[Fe+2]. The van der Waals surface area contributed by atoms with Gasteiger partial charge < -0.3 is 133 Å². The molecule has 0 aromatic heterocycles. The van der Waals surface area contributed by atoms with Crippen LogP contribution < -0.4 is 84.6 Å². The van der Waals surface area contributed by atoms with E-state index in [0.29, 0.717) is 26.2 Å². The number of rotatable bonds is 8. The normalized spacial score (nSPS) is 6.47. The Labute approximate surface area is 397 Å². The number of carbonyl (C=O) groups is 10. The van der Waals surface area contributed by atoms with E-state index in [-0.39, 0.29) is 85.3 Å². The summed E-state index contributed by atoms with van der Waals surface area (Å²) in [6.07, 6.45) is 0. The van der Waals surface area contributed by atoms with Crippen LogP contribution in [0.2, 0.25) is 0 Å². The van der Waals surface area contributed by atoms with Crippen LogP contribution in [0.1, 0.15) is 69.2 Å². The van der Waals surface area contributed by atoms with Crippen LogP contribution in [0.15, 0.2) is 0 Å². The van der Waals surface area contributed by atoms with Crippen molar-refractivity contribution < 1.29 is 184 Å². The Morgan fingerprint density at radius 1 is 0.271 bits per heavy atom. The van der Waals surface area contributed by atoms with Gasteiger partial charge in [-0.2, -0.15) is 0 Å². The predicted molar refractivity (Wildman–Crippen MR) is 169 cm³/mol. The van der Waals surface area contributed by atoms with Gasteiger partial charge in [0.15, 0.2) is 0 Å². The van der Waals surface area contributed by atoms with E-state index in [1.165, 1.54) is 0 Å². The molecule has 10 N–H and O–H groups in total. The zero-order valence-corrected chi connectivity index (χ0v) is 39.4. The van der Waals surface area contributed by atoms with Crippen LogP contribution in [0.4, 0.5) is 0 Å². The zero-order chi connectivity index (χ0) is 46.8. The summed E-state index contributed by atoms with van der Waals surface area (Å²) < 4.78 is 0. The van der Waals surface area contributed by atoms with E-state index >= 15 is 0 Å². The van der Waals surface area contributed by atoms with Crippen LogP contribution >= 0.6 is 0 Å². The number of nitrogens with one attached hydrogen (secondary N) is 2. The Balaban J connectivity index is -0.0000000217. The first-order valence-corrected chi connectivity index (χ1v) is 14.1. The molecule has 0 aliphatic rings. The molecule has 0 atom stereocenters. The number of carboxylic acid groups (broad SMARTS) is 10. The topological polar surface area (TPSA) is 529 Å². The summed E-state index contributed by atoms with van der Waals surface area (Å²) in [5.74, 6) is -10.8. The van der Waals surface area contributed by atoms with Gasteiger partial charge >= 0.3 is 85.3 Å². The monoisotopic (exact) mass is 1080 g/mol. The van der Waals surface area contributed by atoms with Crippen molar-refractivity contribution in [1.82, 2.24) is 10.6 Å². The third-order valence-corrected chi connectivity index (χ3v) is 1.28. The average Bonchev–Trinajstić information content (AvgIpc) is 2.86. The van der Waals surface area contributed by atoms with Gasteiger partial charge in [-0.25, -0.2) is 0 Å². The quantitative estimate of drug-likeness (QED) is 0.0971. The van der Waals surface area contributed by atoms with Crippen molar-refractivity contribution in [2.45, 2.75) is 69.2 Å². The van der Waals surface area contributed by atoms with Gasteiger partial charge in [-0.1, -0.05) is 0 Å². The first-order valence-electron chi connectivity index (χ1n) is 14.1. The molecule has 0 aliphatic heterocycles. The minimum atomic E-state index is -1.08. The van der Waals surface area contributed by atoms with E-state index in [9.17, 15) is 0 Å². The van der Waals surface area contributed by atoms with Gasteiger partial charge in [0.25, 0.3) is 0 Å². The summed E-state index contributed by atoms with van der Waals surface area (Å²) in [6.45, 7) is 16.0. The first kappa shape index (κ1) is 111. The molecule has 26 nitrogen and oxygen atoms in total. The molecule has 358 valence electrons. The molecule has 0 bridgehead atoms. The molecule has 0 saturated heterocycles. The van der Waals surface area contributed by atoms with Gasteiger partial charge in [0.1, 0.15) is 0 Å². The van der Waals surface area contributed by atoms with Crippen molar-refractivity contribution in [3.63, 3.8) is 0 Å². The maximum absolute atomic E-state index is 8.89. The van der Waals surface area contributed by atoms with Crippen molar-refractivity contribution in [2.75, 3.05) is 52.4 Å². The van der Waals surface area contributed by atoms with Crippen molar-refractivity contribution in [3.8, 4) is 0 Å². The summed E-state index contributed by atoms with van der Waals surface area (Å²) in [5, 5.41) is 95.0. The number of hydrogen-bond acceptors (Lipinski definition) is 26. The van der Waals surface area contributed by atoms with Gasteiger partial charge in [0.2, 0.25) is 0 Å². The molecule has 0 saturated carbocycles. The van der Waals surface area contributed by atoms with Crippen LogP contribution in [0.25, 0.3) is 0 Å². The summed E-state index contributed by atoms with van der Waals surface area (Å²) >= 11 is 0. The predicted octanol–water partition coefficient (Wildman–Crippen LogP) is -15.5. The van der Waals surface area contributed by atoms with Gasteiger partial charge in [-0.3, -0.25) is 0 Å². The molecule has 0 spiro atoms. The molecular weight excluding hydrogens is 1020 g/mol. The molecule has 0 fully saturated rings. The zero-order valence-electron chi connectivity index (χ0n) is 33.9. The van der Waals surface area contributed by atoms with Crippen molar-refractivity contribution in [3.05, 3.63) is 0 Å². The number of nitrogens with two attached hydrogens (primary N) is 4. The van der Waals surface area contributed by atoms with Gasteiger partial charge in [-0.05, 0) is 69.2 Å². The summed E-state index contributed by atoms with van der Waals surface area (Å²) in [7, 11) is 0. The molecule has 0 aromatic rings. The average molecular weight is 1080 g/mol. The fraction of sp³-hybridized carbons (Fsp3) is 0.643. The molecule has 0 unspecified atom stereocenters. The van der Waals surface area contributed by atoms with E-state index in [4.69, 9.17) is 122 Å². The molecule has 0 aliphatic carbocycles. The van der Waals surface area contributed by atoms with E-state index < -0.39 is 59.7 Å². The molecule has 0 amide bonds. The van der Waals surface area contributed by atoms with Crippen molar-refractivity contribution >= 4 is 59.7 Å². The van der Waals surface area contributed by atoms with E-state index in [1.807, 2.05) is 0 Å². The van der Waals surface area contributed by atoms with Crippen molar-refractivity contribution in [2.24, 2.45) is 22.9 Å². The second-order valence-electron chi connectivity index (χ2n) is 7.57. The summed E-state index contributed by atoms with van der Waals surface area (Å²) in [4.78, 5) is 88.9. The number of hydrogen-bond donors (Lipinski definition) is 6. The summed E-state index contributed by atoms with van der Waals surface area (Å²) in [6, 6.07) is 0. The second-order valence-corrected chi connectivity index (χ2v) is 7.57. The Hall–Kier alpha value is -2.94. The Morgan fingerprint density at radius 3 is 0.356 bits per heavy atom. The van der Waals surface area contributed by atoms with Crippen LogP contribution in [0.5, 0.6) is 0 Å². The Morgan fingerprint density at radius 2 is 0.322 bits per heavy atom. The first-order chi connectivity index (χ1) is 24.1. The Bertz CT molecular complexity index is 660. The molecule has 0 aromatic carbocycles. The Kier molecular flexibility index (Phi) is 221. The van der Waals surface area contributed by atoms with E-state index in [2.05, 4.69) is 10.6 Å². The molecule has 31 heteroatoms. The number of carbonyl (C=O) groups excluding carboxylic acids is 10. The van der Waals surface area contributed by atoms with E-state index in [1.54, 1.807) is 0 Å². The fourth-order valence-corrected chi connectivity index (χ4v) is 0.658. The molecule has 0 radical (unpaired) electrons. The second kappa shape index (κ2) is 117. The third-order valence-electron chi connectivity index (χ3n) is 1.28. The van der Waals surface area contributed by atoms with Crippen LogP contribution in [-0.2, 0) is 133 Å². The number of aliphatic carboxylic acids is 10. The maximum atomic E-state index is 8.89. The van der Waals surface area contributed by atoms with Gasteiger partial charge in [0.05, 0.1) is 0 Å². The fourth-order valence-electron chi connectivity index (χ4n) is 0.658. The minimum Gasteiger partial charge on any atom is -0.550 e. The molecule has 0 heterocycles. The van der Waals surface area contributed by atoms with Crippen LogP contribution in [-0.4, -0.2) is 112 Å². The van der Waals surface area contributed by atoms with Crippen LogP contribution in [0.3, 0.4) is 0 Å². The minimum absolute atomic E-state index is 0. The molecular formula is C28H56Fe5N6O20. The largest absolute Gasteiger partial charge is 2.00 e. The smallest absolute Gasteiger partial charge is 0.550 e. The summed E-state index contributed by atoms with van der Waals surface area (Å²) in [5.41, 5.74) is 20.7. The third kappa shape index (κ3) is 6060. The maximum Gasteiger partial charge on any atom is 2.00 e. The standard InChI is InChI=1S/2C4H13N3.10C2H4O2.5Fe/c2*5-1-3-7-4-2-6;10*1-2(3)4;;;;;/h2*7H,1-6H2;10*1H3,(H,3,4);;;;;/q;;;;;;;;;;;;5*+2/p-10. The van der Waals surface area contributed by atoms with Crippen LogP contribution in [0, 0.1) is 0 Å². The van der Waals surface area contributed by atoms with E-state index in [0.717, 1.165) is 95.4 Å². The number of carboxylic acids is 10. The van der Waals surface area contributed by atoms with Gasteiger partial charge in [0, 0.05) is 112 Å². The molecule has 0 rings (SSSR count). The van der Waals surface area contributed by atoms with Gasteiger partial charge in [-0.15, -0.1) is 0 Å².